The Kier molecular flexibility index (Phi) is 6.21. The molecule has 0 heterocycles. The molecule has 1 aliphatic carbocycles. The second-order valence-corrected chi connectivity index (χ2v) is 6.87. The molecule has 1 fully saturated rings. The van der Waals surface area contributed by atoms with Gasteiger partial charge in [-0.3, -0.25) is 4.79 Å². The molecule has 3 nitrogen and oxygen atoms in total. The molecule has 1 unspecified atom stereocenters. The highest BCUT2D eigenvalue weighted by Gasteiger charge is 2.39. The van der Waals surface area contributed by atoms with E-state index in [1.165, 1.54) is 12.0 Å². The molecular weight excluding hydrogens is 342 g/mol. The quantitative estimate of drug-likeness (QED) is 0.559. The molecule has 22 heavy (non-hydrogen) atoms. The van der Waals surface area contributed by atoms with Crippen molar-refractivity contribution in [2.24, 2.45) is 0 Å². The molecule has 0 aliphatic heterocycles. The molecule has 1 N–H and O–H groups in total. The summed E-state index contributed by atoms with van der Waals surface area (Å²) in [6.07, 6.45) is 5.60. The summed E-state index contributed by atoms with van der Waals surface area (Å²) in [4.78, 5) is 12.2. The summed E-state index contributed by atoms with van der Waals surface area (Å²) in [5, 5.41) is 3.06. The summed E-state index contributed by atoms with van der Waals surface area (Å²) in [5.41, 5.74) is 1.38. The van der Waals surface area contributed by atoms with Crippen LogP contribution in [0.3, 0.4) is 0 Å². The second kappa shape index (κ2) is 7.93. The number of rotatable bonds is 8. The van der Waals surface area contributed by atoms with Crippen LogP contribution in [0.25, 0.3) is 0 Å². The van der Waals surface area contributed by atoms with Crippen LogP contribution in [0.2, 0.25) is 0 Å². The lowest BCUT2D eigenvalue weighted by Crippen LogP contribution is -2.47. The fourth-order valence-electron chi connectivity index (χ4n) is 2.79. The van der Waals surface area contributed by atoms with Gasteiger partial charge < -0.3 is 10.1 Å². The van der Waals surface area contributed by atoms with Gasteiger partial charge in [-0.25, -0.2) is 0 Å². The van der Waals surface area contributed by atoms with Gasteiger partial charge in [0.1, 0.15) is 6.10 Å². The van der Waals surface area contributed by atoms with Gasteiger partial charge in [0.25, 0.3) is 0 Å². The van der Waals surface area contributed by atoms with E-state index in [9.17, 15) is 4.79 Å². The number of carbonyl (C=O) groups excluding carboxylic acids is 1. The highest BCUT2D eigenvalue weighted by molar-refractivity contribution is 9.10. The van der Waals surface area contributed by atoms with Crippen molar-refractivity contribution in [3.05, 3.63) is 47.0 Å². The van der Waals surface area contributed by atoms with Gasteiger partial charge in [0, 0.05) is 16.4 Å². The molecular formula is C18H24BrNO2. The van der Waals surface area contributed by atoms with Crippen LogP contribution < -0.4 is 5.32 Å². The first-order valence-electron chi connectivity index (χ1n) is 7.84. The van der Waals surface area contributed by atoms with Crippen LogP contribution >= 0.6 is 15.9 Å². The molecule has 1 aromatic carbocycles. The van der Waals surface area contributed by atoms with Crippen molar-refractivity contribution in [1.29, 1.82) is 0 Å². The van der Waals surface area contributed by atoms with Crippen molar-refractivity contribution < 1.29 is 9.53 Å². The third kappa shape index (κ3) is 4.20. The normalized spacial score (nSPS) is 17.4. The van der Waals surface area contributed by atoms with E-state index in [0.29, 0.717) is 13.2 Å². The van der Waals surface area contributed by atoms with E-state index < -0.39 is 6.10 Å². The first-order valence-corrected chi connectivity index (χ1v) is 8.63. The number of halogens is 1. The predicted octanol–water partition coefficient (Wildman–Crippen LogP) is 3.97. The summed E-state index contributed by atoms with van der Waals surface area (Å²) in [5.74, 6) is -0.0367. The molecule has 1 saturated carbocycles. The van der Waals surface area contributed by atoms with Crippen LogP contribution in [0.15, 0.2) is 41.4 Å². The second-order valence-electron chi connectivity index (χ2n) is 5.95. The third-order valence-electron chi connectivity index (χ3n) is 4.41. The molecule has 1 aliphatic rings. The van der Waals surface area contributed by atoms with Crippen molar-refractivity contribution in [3.8, 4) is 0 Å². The molecule has 2 rings (SSSR count). The van der Waals surface area contributed by atoms with Crippen molar-refractivity contribution >= 4 is 21.8 Å². The summed E-state index contributed by atoms with van der Waals surface area (Å²) in [6, 6.07) is 8.40. The van der Waals surface area contributed by atoms with E-state index in [2.05, 4.69) is 46.0 Å². The largest absolute Gasteiger partial charge is 0.368 e. The first kappa shape index (κ1) is 17.2. The zero-order valence-electron chi connectivity index (χ0n) is 13.1. The minimum Gasteiger partial charge on any atom is -0.368 e. The summed E-state index contributed by atoms with van der Waals surface area (Å²) < 4.78 is 6.58. The zero-order valence-corrected chi connectivity index (χ0v) is 14.7. The number of benzene rings is 1. The fourth-order valence-corrected chi connectivity index (χ4v) is 3.19. The van der Waals surface area contributed by atoms with Gasteiger partial charge in [-0.1, -0.05) is 40.6 Å². The lowest BCUT2D eigenvalue weighted by Gasteiger charge is -2.43. The van der Waals surface area contributed by atoms with Gasteiger partial charge >= 0.3 is 0 Å². The Bertz CT molecular complexity index is 526. The molecule has 4 heteroatoms. The Labute approximate surface area is 141 Å². The van der Waals surface area contributed by atoms with E-state index in [-0.39, 0.29) is 11.3 Å². The van der Waals surface area contributed by atoms with Gasteiger partial charge in [-0.2, -0.15) is 0 Å². The van der Waals surface area contributed by atoms with Crippen LogP contribution in [0.5, 0.6) is 0 Å². The summed E-state index contributed by atoms with van der Waals surface area (Å²) in [7, 11) is 0. The van der Waals surface area contributed by atoms with Crippen LogP contribution in [-0.2, 0) is 14.9 Å². The highest BCUT2D eigenvalue weighted by atomic mass is 79.9. The maximum absolute atomic E-state index is 12.2. The number of carbonyl (C=O) groups is 1. The highest BCUT2D eigenvalue weighted by Crippen LogP contribution is 2.43. The zero-order chi connectivity index (χ0) is 16.0. The van der Waals surface area contributed by atoms with Crippen molar-refractivity contribution in [2.75, 3.05) is 13.2 Å². The summed E-state index contributed by atoms with van der Waals surface area (Å²) >= 11 is 3.53. The lowest BCUT2D eigenvalue weighted by atomic mass is 9.64. The van der Waals surface area contributed by atoms with Gasteiger partial charge in [0.05, 0.1) is 6.61 Å². The van der Waals surface area contributed by atoms with Crippen molar-refractivity contribution in [3.63, 3.8) is 0 Å². The number of ether oxygens (including phenoxy) is 1. The Hall–Kier alpha value is -1.13. The third-order valence-corrected chi connectivity index (χ3v) is 4.90. The van der Waals surface area contributed by atoms with Crippen LogP contribution in [-0.4, -0.2) is 25.2 Å². The average molecular weight is 366 g/mol. The minimum atomic E-state index is -0.417. The molecule has 1 amide bonds. The van der Waals surface area contributed by atoms with Crippen molar-refractivity contribution in [1.82, 2.24) is 5.32 Å². The molecule has 0 saturated heterocycles. The molecule has 1 aromatic rings. The monoisotopic (exact) mass is 365 g/mol. The Morgan fingerprint density at radius 2 is 2.32 bits per heavy atom. The van der Waals surface area contributed by atoms with E-state index in [0.717, 1.165) is 23.7 Å². The Balaban J connectivity index is 1.91. The molecule has 0 spiro atoms. The molecule has 120 valence electrons. The molecule has 1 atom stereocenters. The molecule has 0 aromatic heterocycles. The smallest absolute Gasteiger partial charge is 0.248 e. The van der Waals surface area contributed by atoms with Gasteiger partial charge in [-0.05, 0) is 43.9 Å². The van der Waals surface area contributed by atoms with E-state index >= 15 is 0 Å². The maximum atomic E-state index is 12.2. The van der Waals surface area contributed by atoms with Gasteiger partial charge in [-0.15, -0.1) is 6.58 Å². The number of hydrogen-bond acceptors (Lipinski definition) is 2. The molecule has 0 radical (unpaired) electrons. The SMILES string of the molecule is C=CCCOC(C)C(=O)NCC1(c2cccc(Br)c2)CCC1. The van der Waals surface area contributed by atoms with Crippen LogP contribution in [0, 0.1) is 0 Å². The molecule has 0 bridgehead atoms. The van der Waals surface area contributed by atoms with Crippen LogP contribution in [0.1, 0.15) is 38.2 Å². The minimum absolute atomic E-state index is 0.0367. The predicted molar refractivity (Wildman–Crippen MR) is 92.9 cm³/mol. The summed E-state index contributed by atoms with van der Waals surface area (Å²) in [6.45, 7) is 6.66. The van der Waals surface area contributed by atoms with E-state index in [1.54, 1.807) is 13.0 Å². The van der Waals surface area contributed by atoms with Crippen molar-refractivity contribution in [2.45, 2.75) is 44.1 Å². The first-order chi connectivity index (χ1) is 10.6. The van der Waals surface area contributed by atoms with Gasteiger partial charge in [0.2, 0.25) is 5.91 Å². The maximum Gasteiger partial charge on any atom is 0.248 e. The lowest BCUT2D eigenvalue weighted by molar-refractivity contribution is -0.132. The number of hydrogen-bond donors (Lipinski definition) is 1. The van der Waals surface area contributed by atoms with Crippen LogP contribution in [0.4, 0.5) is 0 Å². The fraction of sp³-hybridized carbons (Fsp3) is 0.500. The number of nitrogens with one attached hydrogen (secondary N) is 1. The number of amides is 1. The Morgan fingerprint density at radius 1 is 1.55 bits per heavy atom. The Morgan fingerprint density at radius 3 is 2.91 bits per heavy atom. The van der Waals surface area contributed by atoms with E-state index in [4.69, 9.17) is 4.74 Å². The average Bonchev–Trinajstić information content (AvgIpc) is 2.46. The van der Waals surface area contributed by atoms with E-state index in [1.807, 2.05) is 6.07 Å². The standard InChI is InChI=1S/C18H24BrNO2/c1-3-4-11-22-14(2)17(21)20-13-18(9-6-10-18)15-7-5-8-16(19)12-15/h3,5,7-8,12,14H,1,4,6,9-11,13H2,2H3,(H,20,21). The topological polar surface area (TPSA) is 38.3 Å². The van der Waals surface area contributed by atoms with Gasteiger partial charge in [0.15, 0.2) is 0 Å².